The summed E-state index contributed by atoms with van der Waals surface area (Å²) in [6, 6.07) is 5.87. The van der Waals surface area contributed by atoms with Gasteiger partial charge in [-0.15, -0.1) is 0 Å². The minimum absolute atomic E-state index is 0.120. The van der Waals surface area contributed by atoms with Crippen molar-refractivity contribution in [3.8, 4) is 5.75 Å². The average molecular weight is 273 g/mol. The maximum atomic E-state index is 9.12. The number of halogens is 1. The van der Waals surface area contributed by atoms with Gasteiger partial charge in [-0.25, -0.2) is 0 Å². The molecule has 0 saturated carbocycles. The van der Waals surface area contributed by atoms with Crippen molar-refractivity contribution in [3.63, 3.8) is 0 Å². The molecule has 0 saturated heterocycles. The quantitative estimate of drug-likeness (QED) is 0.911. The van der Waals surface area contributed by atoms with Crippen LogP contribution in [0.4, 0.5) is 0 Å². The van der Waals surface area contributed by atoms with Gasteiger partial charge in [-0.1, -0.05) is 19.1 Å². The van der Waals surface area contributed by atoms with Crippen LogP contribution in [0.5, 0.6) is 5.75 Å². The van der Waals surface area contributed by atoms with E-state index >= 15 is 0 Å². The summed E-state index contributed by atoms with van der Waals surface area (Å²) in [5.41, 5.74) is 1.08. The van der Waals surface area contributed by atoms with Crippen molar-refractivity contribution in [3.05, 3.63) is 28.2 Å². The number of ether oxygens (including phenoxy) is 1. The Balaban J connectivity index is 3.00. The van der Waals surface area contributed by atoms with Crippen LogP contribution >= 0.6 is 15.9 Å². The minimum atomic E-state index is 0.120. The Morgan fingerprint density at radius 1 is 1.33 bits per heavy atom. The second-order valence-electron chi connectivity index (χ2n) is 3.91. The highest BCUT2D eigenvalue weighted by Crippen LogP contribution is 2.33. The number of hydrogen-bond donors (Lipinski definition) is 1. The molecule has 0 spiro atoms. The summed E-state index contributed by atoms with van der Waals surface area (Å²) < 4.78 is 6.60. The molecule has 2 nitrogen and oxygen atoms in total. The van der Waals surface area contributed by atoms with Crippen molar-refractivity contribution in [2.45, 2.75) is 32.8 Å². The summed E-state index contributed by atoms with van der Waals surface area (Å²) in [5.74, 6) is 0.956. The Morgan fingerprint density at radius 2 is 2.00 bits per heavy atom. The second kappa shape index (κ2) is 5.52. The number of aliphatic hydroxyl groups is 1. The largest absolute Gasteiger partial charge is 0.490 e. The second-order valence-corrected chi connectivity index (χ2v) is 4.70. The molecule has 1 rings (SSSR count). The van der Waals surface area contributed by atoms with Crippen LogP contribution in [0, 0.1) is 0 Å². The van der Waals surface area contributed by atoms with E-state index in [9.17, 15) is 0 Å². The van der Waals surface area contributed by atoms with Gasteiger partial charge in [0.2, 0.25) is 0 Å². The SMILES string of the molecule is CC(C)Oc1cccc(C(C)CO)c1Br. The zero-order chi connectivity index (χ0) is 11.4. The Labute approximate surface area is 99.4 Å². The number of rotatable bonds is 4. The molecule has 0 aliphatic carbocycles. The van der Waals surface area contributed by atoms with Crippen LogP contribution in [0.3, 0.4) is 0 Å². The lowest BCUT2D eigenvalue weighted by molar-refractivity contribution is 0.239. The predicted octanol–water partition coefficient (Wildman–Crippen LogP) is 3.33. The van der Waals surface area contributed by atoms with Crippen molar-refractivity contribution in [1.82, 2.24) is 0 Å². The Hall–Kier alpha value is -0.540. The number of benzene rings is 1. The highest BCUT2D eigenvalue weighted by atomic mass is 79.9. The molecule has 1 aromatic carbocycles. The van der Waals surface area contributed by atoms with Gasteiger partial charge in [0.15, 0.2) is 0 Å². The van der Waals surface area contributed by atoms with Crippen molar-refractivity contribution < 1.29 is 9.84 Å². The van der Waals surface area contributed by atoms with Crippen molar-refractivity contribution in [2.75, 3.05) is 6.61 Å². The summed E-state index contributed by atoms with van der Waals surface area (Å²) in [7, 11) is 0. The summed E-state index contributed by atoms with van der Waals surface area (Å²) in [5, 5.41) is 9.12. The molecule has 84 valence electrons. The zero-order valence-corrected chi connectivity index (χ0v) is 10.9. The molecule has 1 aromatic rings. The number of aliphatic hydroxyl groups excluding tert-OH is 1. The molecule has 0 heterocycles. The lowest BCUT2D eigenvalue weighted by Crippen LogP contribution is -2.07. The fourth-order valence-electron chi connectivity index (χ4n) is 1.35. The van der Waals surface area contributed by atoms with Crippen LogP contribution in [0.2, 0.25) is 0 Å². The molecule has 15 heavy (non-hydrogen) atoms. The molecule has 1 unspecified atom stereocenters. The van der Waals surface area contributed by atoms with E-state index in [0.717, 1.165) is 15.8 Å². The summed E-state index contributed by atoms with van der Waals surface area (Å²) in [4.78, 5) is 0. The van der Waals surface area contributed by atoms with E-state index in [1.807, 2.05) is 39.0 Å². The van der Waals surface area contributed by atoms with Crippen LogP contribution < -0.4 is 4.74 Å². The van der Waals surface area contributed by atoms with Gasteiger partial charge in [0.05, 0.1) is 10.6 Å². The minimum Gasteiger partial charge on any atom is -0.490 e. The molecular weight excluding hydrogens is 256 g/mol. The van der Waals surface area contributed by atoms with Crippen molar-refractivity contribution in [1.29, 1.82) is 0 Å². The fraction of sp³-hybridized carbons (Fsp3) is 0.500. The Morgan fingerprint density at radius 3 is 2.53 bits per heavy atom. The third-order valence-corrected chi connectivity index (χ3v) is 3.01. The van der Waals surface area contributed by atoms with Crippen LogP contribution in [-0.4, -0.2) is 17.8 Å². The molecular formula is C12H17BrO2. The standard InChI is InChI=1S/C12H17BrO2/c1-8(2)15-11-6-4-5-10(12(11)13)9(3)7-14/h4-6,8-9,14H,7H2,1-3H3. The molecule has 0 bridgehead atoms. The Bertz CT molecular complexity index is 323. The van der Waals surface area contributed by atoms with Gasteiger partial charge in [0, 0.05) is 12.5 Å². The van der Waals surface area contributed by atoms with E-state index < -0.39 is 0 Å². The topological polar surface area (TPSA) is 29.5 Å². The molecule has 1 N–H and O–H groups in total. The van der Waals surface area contributed by atoms with E-state index in [-0.39, 0.29) is 18.6 Å². The molecule has 0 aromatic heterocycles. The molecule has 0 radical (unpaired) electrons. The van der Waals surface area contributed by atoms with Gasteiger partial charge < -0.3 is 9.84 Å². The zero-order valence-electron chi connectivity index (χ0n) is 9.33. The van der Waals surface area contributed by atoms with Gasteiger partial charge in [0.1, 0.15) is 5.75 Å². The van der Waals surface area contributed by atoms with Gasteiger partial charge in [0.25, 0.3) is 0 Å². The lowest BCUT2D eigenvalue weighted by Gasteiger charge is -2.16. The first-order chi connectivity index (χ1) is 7.06. The predicted molar refractivity (Wildman–Crippen MR) is 65.4 cm³/mol. The number of hydrogen-bond acceptors (Lipinski definition) is 2. The third kappa shape index (κ3) is 3.21. The summed E-state index contributed by atoms with van der Waals surface area (Å²) in [6.45, 7) is 6.12. The van der Waals surface area contributed by atoms with E-state index in [2.05, 4.69) is 15.9 Å². The van der Waals surface area contributed by atoms with Crippen LogP contribution in [0.15, 0.2) is 22.7 Å². The highest BCUT2D eigenvalue weighted by Gasteiger charge is 2.12. The Kier molecular flexibility index (Phi) is 4.61. The van der Waals surface area contributed by atoms with Crippen molar-refractivity contribution in [2.24, 2.45) is 0 Å². The van der Waals surface area contributed by atoms with Crippen LogP contribution in [0.25, 0.3) is 0 Å². The fourth-order valence-corrected chi connectivity index (χ4v) is 2.10. The highest BCUT2D eigenvalue weighted by molar-refractivity contribution is 9.10. The first-order valence-electron chi connectivity index (χ1n) is 5.12. The smallest absolute Gasteiger partial charge is 0.134 e. The van der Waals surface area contributed by atoms with Crippen LogP contribution in [0.1, 0.15) is 32.3 Å². The molecule has 0 amide bonds. The van der Waals surface area contributed by atoms with E-state index in [1.54, 1.807) is 0 Å². The monoisotopic (exact) mass is 272 g/mol. The average Bonchev–Trinajstić information content (AvgIpc) is 2.19. The van der Waals surface area contributed by atoms with Gasteiger partial charge in [-0.05, 0) is 41.4 Å². The van der Waals surface area contributed by atoms with E-state index in [1.165, 1.54) is 0 Å². The maximum Gasteiger partial charge on any atom is 0.134 e. The maximum absolute atomic E-state index is 9.12. The van der Waals surface area contributed by atoms with Gasteiger partial charge in [-0.3, -0.25) is 0 Å². The molecule has 3 heteroatoms. The molecule has 1 atom stereocenters. The summed E-state index contributed by atoms with van der Waals surface area (Å²) >= 11 is 3.52. The van der Waals surface area contributed by atoms with Gasteiger partial charge >= 0.3 is 0 Å². The van der Waals surface area contributed by atoms with E-state index in [4.69, 9.17) is 9.84 Å². The summed E-state index contributed by atoms with van der Waals surface area (Å²) in [6.07, 6.45) is 0.154. The molecule has 0 aliphatic rings. The normalized spacial score (nSPS) is 12.9. The lowest BCUT2D eigenvalue weighted by atomic mass is 10.0. The molecule has 0 aliphatic heterocycles. The van der Waals surface area contributed by atoms with Crippen molar-refractivity contribution >= 4 is 15.9 Å². The third-order valence-electron chi connectivity index (χ3n) is 2.16. The first kappa shape index (κ1) is 12.5. The first-order valence-corrected chi connectivity index (χ1v) is 5.91. The van der Waals surface area contributed by atoms with Crippen LogP contribution in [-0.2, 0) is 0 Å². The molecule has 0 fully saturated rings. The van der Waals surface area contributed by atoms with Gasteiger partial charge in [-0.2, -0.15) is 0 Å². The van der Waals surface area contributed by atoms with E-state index in [0.29, 0.717) is 0 Å².